The molecule has 1 aliphatic carbocycles. The van der Waals surface area contributed by atoms with Crippen molar-refractivity contribution in [3.05, 3.63) is 47.8 Å². The van der Waals surface area contributed by atoms with Crippen molar-refractivity contribution in [3.63, 3.8) is 0 Å². The summed E-state index contributed by atoms with van der Waals surface area (Å²) in [6, 6.07) is 10.3. The van der Waals surface area contributed by atoms with Crippen LogP contribution in [0.2, 0.25) is 0 Å². The first-order valence-electron chi connectivity index (χ1n) is 8.42. The predicted molar refractivity (Wildman–Crippen MR) is 92.9 cm³/mol. The van der Waals surface area contributed by atoms with Crippen molar-refractivity contribution in [2.75, 3.05) is 30.4 Å². The molecule has 25 heavy (non-hydrogen) atoms. The van der Waals surface area contributed by atoms with Crippen molar-refractivity contribution >= 4 is 17.3 Å². The summed E-state index contributed by atoms with van der Waals surface area (Å²) in [7, 11) is 0. The lowest BCUT2D eigenvalue weighted by Gasteiger charge is -2.19. The molecule has 4 rings (SSSR count). The molecule has 2 aromatic rings. The van der Waals surface area contributed by atoms with Gasteiger partial charge in [0.15, 0.2) is 11.5 Å². The second kappa shape index (κ2) is 6.63. The van der Waals surface area contributed by atoms with Gasteiger partial charge in [0.05, 0.1) is 6.54 Å². The maximum atomic E-state index is 14.0. The molecule has 1 aliphatic heterocycles. The first-order chi connectivity index (χ1) is 12.2. The number of nitrogens with one attached hydrogen (secondary N) is 2. The third kappa shape index (κ3) is 3.68. The molecule has 0 radical (unpaired) electrons. The van der Waals surface area contributed by atoms with Crippen LogP contribution in [-0.2, 0) is 4.79 Å². The van der Waals surface area contributed by atoms with Crippen LogP contribution in [0.3, 0.4) is 0 Å². The maximum absolute atomic E-state index is 14.0. The summed E-state index contributed by atoms with van der Waals surface area (Å²) in [4.78, 5) is 12.1. The summed E-state index contributed by atoms with van der Waals surface area (Å²) in [5.41, 5.74) is 2.00. The third-order valence-corrected chi connectivity index (χ3v) is 4.30. The number of rotatable bonds is 5. The van der Waals surface area contributed by atoms with Crippen LogP contribution in [0.4, 0.5) is 15.8 Å². The number of ether oxygens (including phenoxy) is 2. The van der Waals surface area contributed by atoms with Crippen LogP contribution in [0.5, 0.6) is 11.5 Å². The number of amides is 1. The molecule has 2 N–H and O–H groups in total. The van der Waals surface area contributed by atoms with E-state index < -0.39 is 0 Å². The van der Waals surface area contributed by atoms with Gasteiger partial charge in [-0.2, -0.15) is 0 Å². The Bertz CT molecular complexity index is 805. The molecule has 5 nitrogen and oxygen atoms in total. The van der Waals surface area contributed by atoms with Gasteiger partial charge >= 0.3 is 0 Å². The number of hydrogen-bond acceptors (Lipinski definition) is 4. The average molecular weight is 342 g/mol. The molecular formula is C19H19FN2O3. The smallest absolute Gasteiger partial charge is 0.243 e. The Kier molecular flexibility index (Phi) is 4.17. The minimum atomic E-state index is -0.219. The molecule has 0 unspecified atom stereocenters. The van der Waals surface area contributed by atoms with Crippen molar-refractivity contribution in [2.24, 2.45) is 0 Å². The van der Waals surface area contributed by atoms with Gasteiger partial charge < -0.3 is 20.1 Å². The highest BCUT2D eigenvalue weighted by atomic mass is 19.1. The van der Waals surface area contributed by atoms with E-state index in [4.69, 9.17) is 9.47 Å². The Morgan fingerprint density at radius 2 is 1.80 bits per heavy atom. The zero-order valence-corrected chi connectivity index (χ0v) is 13.7. The highest BCUT2D eigenvalue weighted by Crippen LogP contribution is 2.41. The molecule has 130 valence electrons. The first kappa shape index (κ1) is 15.7. The lowest BCUT2D eigenvalue weighted by Crippen LogP contribution is -2.22. The average Bonchev–Trinajstić information content (AvgIpc) is 3.45. The zero-order chi connectivity index (χ0) is 17.2. The van der Waals surface area contributed by atoms with E-state index in [2.05, 4.69) is 10.6 Å². The number of carbonyl (C=O) groups is 1. The van der Waals surface area contributed by atoms with E-state index in [0.717, 1.165) is 18.4 Å². The molecule has 1 fully saturated rings. The summed E-state index contributed by atoms with van der Waals surface area (Å²) in [5.74, 6) is 1.24. The van der Waals surface area contributed by atoms with Gasteiger partial charge in [-0.05, 0) is 48.6 Å². The fourth-order valence-electron chi connectivity index (χ4n) is 2.87. The standard InChI is InChI=1S/C19H19FN2O3/c20-16-9-13(3-5-15(16)12-1-2-12)21-11-19(23)22-14-4-6-17-18(10-14)25-8-7-24-17/h3-6,9-10,12,21H,1-2,7-8,11H2,(H,22,23). The number of hydrogen-bond donors (Lipinski definition) is 2. The van der Waals surface area contributed by atoms with E-state index >= 15 is 0 Å². The predicted octanol–water partition coefficient (Wildman–Crippen LogP) is 3.52. The van der Waals surface area contributed by atoms with E-state index in [-0.39, 0.29) is 18.3 Å². The summed E-state index contributed by atoms with van der Waals surface area (Å²) in [6.45, 7) is 1.07. The lowest BCUT2D eigenvalue weighted by molar-refractivity contribution is -0.114. The van der Waals surface area contributed by atoms with E-state index in [1.54, 1.807) is 24.3 Å². The van der Waals surface area contributed by atoms with Gasteiger partial charge in [0.25, 0.3) is 0 Å². The maximum Gasteiger partial charge on any atom is 0.243 e. The minimum absolute atomic E-state index is 0.0522. The van der Waals surface area contributed by atoms with Crippen LogP contribution in [0.15, 0.2) is 36.4 Å². The molecule has 0 saturated heterocycles. The third-order valence-electron chi connectivity index (χ3n) is 4.30. The Morgan fingerprint density at radius 3 is 2.56 bits per heavy atom. The van der Waals surface area contributed by atoms with E-state index in [9.17, 15) is 9.18 Å². The van der Waals surface area contributed by atoms with E-state index in [1.165, 1.54) is 6.07 Å². The topological polar surface area (TPSA) is 59.6 Å². The summed E-state index contributed by atoms with van der Waals surface area (Å²) in [6.07, 6.45) is 2.11. The van der Waals surface area contributed by atoms with Crippen molar-refractivity contribution in [2.45, 2.75) is 18.8 Å². The highest BCUT2D eigenvalue weighted by Gasteiger charge is 2.26. The molecule has 0 spiro atoms. The monoisotopic (exact) mass is 342 g/mol. The summed E-state index contributed by atoms with van der Waals surface area (Å²) in [5, 5.41) is 5.73. The van der Waals surface area contributed by atoms with Gasteiger partial charge in [0.2, 0.25) is 5.91 Å². The van der Waals surface area contributed by atoms with E-state index in [1.807, 2.05) is 6.07 Å². The normalized spacial score (nSPS) is 15.6. The molecule has 6 heteroatoms. The van der Waals surface area contributed by atoms with Gasteiger partial charge in [0.1, 0.15) is 19.0 Å². The molecule has 1 heterocycles. The van der Waals surface area contributed by atoms with Crippen LogP contribution in [0.1, 0.15) is 24.3 Å². The molecule has 2 aliphatic rings. The quantitative estimate of drug-likeness (QED) is 0.873. The largest absolute Gasteiger partial charge is 0.486 e. The molecule has 0 bridgehead atoms. The van der Waals surface area contributed by atoms with Gasteiger partial charge in [-0.1, -0.05) is 6.07 Å². The van der Waals surface area contributed by atoms with Crippen molar-refractivity contribution < 1.29 is 18.7 Å². The molecular weight excluding hydrogens is 323 g/mol. The second-order valence-electron chi connectivity index (χ2n) is 6.27. The van der Waals surface area contributed by atoms with Crippen molar-refractivity contribution in [3.8, 4) is 11.5 Å². The number of fused-ring (bicyclic) bond motifs is 1. The van der Waals surface area contributed by atoms with E-state index in [0.29, 0.717) is 42.0 Å². The van der Waals surface area contributed by atoms with Crippen LogP contribution < -0.4 is 20.1 Å². The van der Waals surface area contributed by atoms with Gasteiger partial charge in [-0.3, -0.25) is 4.79 Å². The molecule has 0 atom stereocenters. The number of carbonyl (C=O) groups excluding carboxylic acids is 1. The number of halogens is 1. The number of anilines is 2. The highest BCUT2D eigenvalue weighted by molar-refractivity contribution is 5.94. The zero-order valence-electron chi connectivity index (χ0n) is 13.7. The Morgan fingerprint density at radius 1 is 1.04 bits per heavy atom. The van der Waals surface area contributed by atoms with Crippen LogP contribution in [0.25, 0.3) is 0 Å². The summed E-state index contributed by atoms with van der Waals surface area (Å²) < 4.78 is 24.9. The van der Waals surface area contributed by atoms with Gasteiger partial charge in [0, 0.05) is 17.4 Å². The van der Waals surface area contributed by atoms with Crippen LogP contribution >= 0.6 is 0 Å². The lowest BCUT2D eigenvalue weighted by atomic mass is 10.1. The summed E-state index contributed by atoms with van der Waals surface area (Å²) >= 11 is 0. The van der Waals surface area contributed by atoms with Gasteiger partial charge in [-0.15, -0.1) is 0 Å². The SMILES string of the molecule is O=C(CNc1ccc(C2CC2)c(F)c1)Nc1ccc2c(c1)OCCO2. The Balaban J connectivity index is 1.34. The van der Waals surface area contributed by atoms with Crippen LogP contribution in [0, 0.1) is 5.82 Å². The Labute approximate surface area is 145 Å². The molecule has 2 aromatic carbocycles. The van der Waals surface area contributed by atoms with Crippen molar-refractivity contribution in [1.29, 1.82) is 0 Å². The fraction of sp³-hybridized carbons (Fsp3) is 0.316. The first-order valence-corrected chi connectivity index (χ1v) is 8.42. The number of benzene rings is 2. The van der Waals surface area contributed by atoms with Crippen molar-refractivity contribution in [1.82, 2.24) is 0 Å². The van der Waals surface area contributed by atoms with Gasteiger partial charge in [-0.25, -0.2) is 4.39 Å². The molecule has 1 saturated carbocycles. The van der Waals surface area contributed by atoms with Crippen LogP contribution in [-0.4, -0.2) is 25.7 Å². The second-order valence-corrected chi connectivity index (χ2v) is 6.27. The molecule has 0 aromatic heterocycles. The minimum Gasteiger partial charge on any atom is -0.486 e. The Hall–Kier alpha value is -2.76. The molecule has 1 amide bonds. The fourth-order valence-corrected chi connectivity index (χ4v) is 2.87.